The van der Waals surface area contributed by atoms with Crippen LogP contribution in [0.4, 0.5) is 0 Å². The molecule has 1 heterocycles. The number of unbranched alkanes of at least 4 members (excludes halogenated alkanes) is 1. The van der Waals surface area contributed by atoms with Crippen LogP contribution in [0.15, 0.2) is 48.5 Å². The zero-order valence-corrected chi connectivity index (χ0v) is 18.7. The second kappa shape index (κ2) is 11.3. The number of nitrogens with zero attached hydrogens (tertiary/aromatic N) is 2. The monoisotopic (exact) mass is 429 g/mol. The van der Waals surface area contributed by atoms with Gasteiger partial charge in [-0.05, 0) is 49.4 Å². The summed E-state index contributed by atoms with van der Waals surface area (Å²) in [5, 5.41) is 3.85. The predicted molar refractivity (Wildman–Crippen MR) is 122 cm³/mol. The van der Waals surface area contributed by atoms with E-state index in [2.05, 4.69) is 41.2 Å². The van der Waals surface area contributed by atoms with Crippen molar-refractivity contribution in [2.45, 2.75) is 25.8 Å². The van der Waals surface area contributed by atoms with E-state index in [-0.39, 0.29) is 11.9 Å². The third-order valence-corrected chi connectivity index (χ3v) is 5.80. The largest absolute Gasteiger partial charge is 0.494 e. The van der Waals surface area contributed by atoms with Crippen molar-refractivity contribution in [2.75, 3.05) is 46.4 Å². The van der Waals surface area contributed by atoms with Crippen molar-refractivity contribution >= 4 is 17.5 Å². The molecule has 6 heteroatoms. The van der Waals surface area contributed by atoms with E-state index in [1.807, 2.05) is 36.4 Å². The Morgan fingerprint density at radius 2 is 1.87 bits per heavy atom. The minimum absolute atomic E-state index is 0.0796. The Balaban J connectivity index is 1.66. The van der Waals surface area contributed by atoms with Gasteiger partial charge in [0.15, 0.2) is 0 Å². The number of amides is 1. The van der Waals surface area contributed by atoms with Crippen molar-refractivity contribution in [3.8, 4) is 5.75 Å². The van der Waals surface area contributed by atoms with E-state index in [1.54, 1.807) is 0 Å². The van der Waals surface area contributed by atoms with Crippen LogP contribution >= 0.6 is 11.6 Å². The fourth-order valence-corrected chi connectivity index (χ4v) is 3.76. The van der Waals surface area contributed by atoms with Crippen molar-refractivity contribution in [1.82, 2.24) is 15.1 Å². The quantitative estimate of drug-likeness (QED) is 0.605. The highest BCUT2D eigenvalue weighted by atomic mass is 35.5. The van der Waals surface area contributed by atoms with Gasteiger partial charge in [-0.3, -0.25) is 9.69 Å². The number of rotatable bonds is 9. The number of piperazine rings is 1. The van der Waals surface area contributed by atoms with Gasteiger partial charge < -0.3 is 15.0 Å². The smallest absolute Gasteiger partial charge is 0.251 e. The van der Waals surface area contributed by atoms with Gasteiger partial charge >= 0.3 is 0 Å². The minimum atomic E-state index is -0.0796. The molecule has 5 nitrogen and oxygen atoms in total. The maximum atomic E-state index is 12.8. The average molecular weight is 430 g/mol. The Kier molecular flexibility index (Phi) is 8.55. The maximum absolute atomic E-state index is 12.8. The zero-order valence-electron chi connectivity index (χ0n) is 17.9. The van der Waals surface area contributed by atoms with Crippen molar-refractivity contribution < 1.29 is 9.53 Å². The van der Waals surface area contributed by atoms with Crippen LogP contribution in [0.3, 0.4) is 0 Å². The predicted octanol–water partition coefficient (Wildman–Crippen LogP) is 4.24. The first kappa shape index (κ1) is 22.6. The molecule has 1 amide bonds. The molecule has 2 aromatic carbocycles. The van der Waals surface area contributed by atoms with E-state index >= 15 is 0 Å². The molecule has 1 aliphatic rings. The van der Waals surface area contributed by atoms with Crippen molar-refractivity contribution in [2.24, 2.45) is 0 Å². The lowest BCUT2D eigenvalue weighted by Crippen LogP contribution is -2.48. The number of hydrogen-bond acceptors (Lipinski definition) is 4. The fraction of sp³-hybridized carbons (Fsp3) is 0.458. The summed E-state index contributed by atoms with van der Waals surface area (Å²) in [5.41, 5.74) is 1.79. The third-order valence-electron chi connectivity index (χ3n) is 5.55. The second-order valence-corrected chi connectivity index (χ2v) is 8.28. The minimum Gasteiger partial charge on any atom is -0.494 e. The van der Waals surface area contributed by atoms with Crippen molar-refractivity contribution in [3.63, 3.8) is 0 Å². The number of ether oxygens (including phenoxy) is 1. The molecule has 1 saturated heterocycles. The summed E-state index contributed by atoms with van der Waals surface area (Å²) in [4.78, 5) is 17.6. The van der Waals surface area contributed by atoms with Gasteiger partial charge in [0.05, 0.1) is 12.6 Å². The highest BCUT2D eigenvalue weighted by Gasteiger charge is 2.24. The molecule has 0 aromatic heterocycles. The van der Waals surface area contributed by atoms with E-state index in [4.69, 9.17) is 16.3 Å². The number of halogens is 1. The number of likely N-dealkylation sites (N-methyl/N-ethyl adjacent to an activating group) is 1. The SMILES string of the molecule is CCCCOc1cccc(C(=O)NC[C@@H](c2ccc(Cl)cc2)N2CCN(C)CC2)c1. The summed E-state index contributed by atoms with van der Waals surface area (Å²) in [6, 6.07) is 15.5. The van der Waals surface area contributed by atoms with E-state index in [9.17, 15) is 4.79 Å². The fourth-order valence-electron chi connectivity index (χ4n) is 3.63. The Morgan fingerprint density at radius 1 is 1.13 bits per heavy atom. The van der Waals surface area contributed by atoms with Gasteiger partial charge in [0.25, 0.3) is 5.91 Å². The van der Waals surface area contributed by atoms with E-state index in [0.717, 1.165) is 49.8 Å². The molecule has 1 atom stereocenters. The van der Waals surface area contributed by atoms with E-state index in [0.29, 0.717) is 18.7 Å². The highest BCUT2D eigenvalue weighted by Crippen LogP contribution is 2.23. The number of carbonyl (C=O) groups excluding carboxylic acids is 1. The molecule has 0 saturated carbocycles. The number of hydrogen-bond donors (Lipinski definition) is 1. The first-order valence-corrected chi connectivity index (χ1v) is 11.1. The average Bonchev–Trinajstić information content (AvgIpc) is 2.76. The van der Waals surface area contributed by atoms with Gasteiger partial charge in [-0.1, -0.05) is 43.1 Å². The van der Waals surface area contributed by atoms with Crippen molar-refractivity contribution in [3.05, 3.63) is 64.7 Å². The van der Waals surface area contributed by atoms with Gasteiger partial charge in [-0.2, -0.15) is 0 Å². The second-order valence-electron chi connectivity index (χ2n) is 7.85. The van der Waals surface area contributed by atoms with Gasteiger partial charge in [-0.15, -0.1) is 0 Å². The first-order valence-electron chi connectivity index (χ1n) is 10.8. The Labute approximate surface area is 185 Å². The molecule has 2 aromatic rings. The third kappa shape index (κ3) is 6.46. The summed E-state index contributed by atoms with van der Waals surface area (Å²) < 4.78 is 5.74. The van der Waals surface area contributed by atoms with Gasteiger partial charge in [0.2, 0.25) is 0 Å². The van der Waals surface area contributed by atoms with E-state index < -0.39 is 0 Å². The molecule has 30 heavy (non-hydrogen) atoms. The first-order chi connectivity index (χ1) is 14.6. The van der Waals surface area contributed by atoms with Crippen LogP contribution in [0.5, 0.6) is 5.75 Å². The Bertz CT molecular complexity index is 804. The lowest BCUT2D eigenvalue weighted by molar-refractivity contribution is 0.0886. The molecule has 1 N–H and O–H groups in total. The van der Waals surface area contributed by atoms with Crippen LogP contribution < -0.4 is 10.1 Å². The summed E-state index contributed by atoms with van der Waals surface area (Å²) in [5.74, 6) is 0.661. The number of carbonyl (C=O) groups is 1. The molecule has 0 unspecified atom stereocenters. The Morgan fingerprint density at radius 3 is 2.57 bits per heavy atom. The summed E-state index contributed by atoms with van der Waals surface area (Å²) >= 11 is 6.09. The number of benzene rings is 2. The molecule has 0 radical (unpaired) electrons. The lowest BCUT2D eigenvalue weighted by atomic mass is 10.0. The van der Waals surface area contributed by atoms with Gasteiger partial charge in [0.1, 0.15) is 5.75 Å². The molecule has 162 valence electrons. The van der Waals surface area contributed by atoms with Gasteiger partial charge in [0, 0.05) is 43.3 Å². The topological polar surface area (TPSA) is 44.8 Å². The molecule has 0 spiro atoms. The highest BCUT2D eigenvalue weighted by molar-refractivity contribution is 6.30. The standard InChI is InChI=1S/C24H32ClN3O2/c1-3-4-16-30-22-7-5-6-20(17-22)24(29)26-18-23(19-8-10-21(25)11-9-19)28-14-12-27(2)13-15-28/h5-11,17,23H,3-4,12-16,18H2,1-2H3,(H,26,29)/t23-/m0/s1. The summed E-state index contributed by atoms with van der Waals surface area (Å²) in [6.45, 7) is 7.34. The maximum Gasteiger partial charge on any atom is 0.251 e. The van der Waals surface area contributed by atoms with E-state index in [1.165, 1.54) is 5.56 Å². The molecule has 0 bridgehead atoms. The number of nitrogens with one attached hydrogen (secondary N) is 1. The summed E-state index contributed by atoms with van der Waals surface area (Å²) in [7, 11) is 2.14. The van der Waals surface area contributed by atoms with Crippen LogP contribution in [0.25, 0.3) is 0 Å². The molecule has 3 rings (SSSR count). The molecule has 1 aliphatic heterocycles. The van der Waals surface area contributed by atoms with Crippen LogP contribution in [0.2, 0.25) is 5.02 Å². The normalized spacial score (nSPS) is 16.2. The molecule has 0 aliphatic carbocycles. The lowest BCUT2D eigenvalue weighted by Gasteiger charge is -2.38. The van der Waals surface area contributed by atoms with Gasteiger partial charge in [-0.25, -0.2) is 0 Å². The van der Waals surface area contributed by atoms with Crippen LogP contribution in [0, 0.1) is 0 Å². The zero-order chi connectivity index (χ0) is 21.3. The molecular formula is C24H32ClN3O2. The molecular weight excluding hydrogens is 398 g/mol. The van der Waals surface area contributed by atoms with Crippen LogP contribution in [-0.4, -0.2) is 62.1 Å². The molecule has 1 fully saturated rings. The van der Waals surface area contributed by atoms with Crippen LogP contribution in [-0.2, 0) is 0 Å². The summed E-state index contributed by atoms with van der Waals surface area (Å²) in [6.07, 6.45) is 2.09. The Hall–Kier alpha value is -2.08. The van der Waals surface area contributed by atoms with Crippen molar-refractivity contribution in [1.29, 1.82) is 0 Å². The van der Waals surface area contributed by atoms with Crippen LogP contribution in [0.1, 0.15) is 41.7 Å².